The van der Waals surface area contributed by atoms with E-state index in [1.54, 1.807) is 9.58 Å². The van der Waals surface area contributed by atoms with Gasteiger partial charge in [0.25, 0.3) is 5.91 Å². The summed E-state index contributed by atoms with van der Waals surface area (Å²) in [5.74, 6) is -0.138. The summed E-state index contributed by atoms with van der Waals surface area (Å²) < 4.78 is 6.55. The topological polar surface area (TPSA) is 103 Å². The van der Waals surface area contributed by atoms with Crippen molar-refractivity contribution in [2.45, 2.75) is 37.6 Å². The van der Waals surface area contributed by atoms with Gasteiger partial charge in [-0.3, -0.25) is 9.59 Å². The van der Waals surface area contributed by atoms with Crippen molar-refractivity contribution in [3.8, 4) is 5.69 Å². The molecule has 0 atom stereocenters. The lowest BCUT2D eigenvalue weighted by Crippen LogP contribution is -2.41. The lowest BCUT2D eigenvalue weighted by molar-refractivity contribution is -0.146. The van der Waals surface area contributed by atoms with E-state index in [0.717, 1.165) is 17.1 Å². The SMILES string of the molecule is COC(=O)C1CCN(C(=O)c2nnn(-c3ccccc3)c2CSc2nc(C)cc(C)n2)CC1. The summed E-state index contributed by atoms with van der Waals surface area (Å²) in [4.78, 5) is 35.9. The standard InChI is InChI=1S/C23H26N6O3S/c1-15-13-16(2)25-23(24-15)33-14-19-20(26-27-29(19)18-7-5-4-6-8-18)21(30)28-11-9-17(10-12-28)22(31)32-3/h4-8,13,17H,9-12,14H2,1-3H3. The summed E-state index contributed by atoms with van der Waals surface area (Å²) in [6.07, 6.45) is 1.15. The largest absolute Gasteiger partial charge is 0.469 e. The predicted molar refractivity (Wildman–Crippen MR) is 123 cm³/mol. The van der Waals surface area contributed by atoms with Gasteiger partial charge in [-0.15, -0.1) is 5.10 Å². The second kappa shape index (κ2) is 10.1. The molecule has 1 aliphatic heterocycles. The van der Waals surface area contributed by atoms with Crippen LogP contribution in [0.5, 0.6) is 0 Å². The van der Waals surface area contributed by atoms with Gasteiger partial charge in [-0.2, -0.15) is 0 Å². The maximum absolute atomic E-state index is 13.4. The molecule has 9 nitrogen and oxygen atoms in total. The van der Waals surface area contributed by atoms with E-state index in [9.17, 15) is 9.59 Å². The van der Waals surface area contributed by atoms with Crippen LogP contribution in [0.1, 0.15) is 40.4 Å². The molecule has 4 rings (SSSR count). The molecule has 1 aromatic carbocycles. The molecule has 0 unspecified atom stereocenters. The van der Waals surface area contributed by atoms with E-state index in [0.29, 0.717) is 48.2 Å². The minimum absolute atomic E-state index is 0.171. The van der Waals surface area contributed by atoms with E-state index in [1.807, 2.05) is 50.2 Å². The minimum atomic E-state index is -0.220. The monoisotopic (exact) mass is 466 g/mol. The number of hydrogen-bond donors (Lipinski definition) is 0. The molecule has 172 valence electrons. The van der Waals surface area contributed by atoms with E-state index in [1.165, 1.54) is 18.9 Å². The Kier molecular flexibility index (Phi) is 7.02. The van der Waals surface area contributed by atoms with E-state index in [2.05, 4.69) is 20.3 Å². The molecule has 1 saturated heterocycles. The highest BCUT2D eigenvalue weighted by atomic mass is 32.2. The van der Waals surface area contributed by atoms with Crippen LogP contribution in [0.3, 0.4) is 0 Å². The van der Waals surface area contributed by atoms with Gasteiger partial charge in [0.05, 0.1) is 24.4 Å². The molecule has 0 spiro atoms. The molecule has 2 aromatic heterocycles. The molecule has 10 heteroatoms. The fourth-order valence-corrected chi connectivity index (χ4v) is 4.84. The van der Waals surface area contributed by atoms with Crippen molar-refractivity contribution in [2.24, 2.45) is 5.92 Å². The number of carbonyl (C=O) groups is 2. The second-order valence-corrected chi connectivity index (χ2v) is 8.89. The predicted octanol–water partition coefficient (Wildman–Crippen LogP) is 2.99. The number of carbonyl (C=O) groups excluding carboxylic acids is 2. The Hall–Kier alpha value is -3.27. The van der Waals surface area contributed by atoms with Crippen LogP contribution in [0.2, 0.25) is 0 Å². The van der Waals surface area contributed by atoms with Crippen molar-refractivity contribution < 1.29 is 14.3 Å². The summed E-state index contributed by atoms with van der Waals surface area (Å²) in [5.41, 5.74) is 3.61. The first-order chi connectivity index (χ1) is 16.0. The minimum Gasteiger partial charge on any atom is -0.469 e. The van der Waals surface area contributed by atoms with Gasteiger partial charge in [0.1, 0.15) is 0 Å². The summed E-state index contributed by atoms with van der Waals surface area (Å²) in [6.45, 7) is 4.82. The quantitative estimate of drug-likeness (QED) is 0.310. The molecular weight excluding hydrogens is 440 g/mol. The number of para-hydroxylation sites is 1. The molecule has 0 aliphatic carbocycles. The van der Waals surface area contributed by atoms with E-state index in [-0.39, 0.29) is 17.8 Å². The van der Waals surface area contributed by atoms with Gasteiger partial charge in [0.2, 0.25) is 0 Å². The Morgan fingerprint density at radius 1 is 1.09 bits per heavy atom. The smallest absolute Gasteiger partial charge is 0.308 e. The average Bonchev–Trinajstić information content (AvgIpc) is 3.25. The molecule has 0 bridgehead atoms. The Morgan fingerprint density at radius 3 is 2.39 bits per heavy atom. The average molecular weight is 467 g/mol. The number of hydrogen-bond acceptors (Lipinski definition) is 8. The molecule has 0 radical (unpaired) electrons. The number of ether oxygens (including phenoxy) is 1. The number of piperidine rings is 1. The third-order valence-corrected chi connectivity index (χ3v) is 6.44. The Morgan fingerprint density at radius 2 is 1.76 bits per heavy atom. The highest BCUT2D eigenvalue weighted by Crippen LogP contribution is 2.26. The normalized spacial score (nSPS) is 14.3. The van der Waals surface area contributed by atoms with Crippen LogP contribution in [-0.2, 0) is 15.3 Å². The van der Waals surface area contributed by atoms with Crippen LogP contribution in [0.4, 0.5) is 0 Å². The van der Waals surface area contributed by atoms with Gasteiger partial charge in [-0.05, 0) is 44.9 Å². The van der Waals surface area contributed by atoms with Gasteiger partial charge in [-0.1, -0.05) is 35.2 Å². The molecular formula is C23H26N6O3S. The van der Waals surface area contributed by atoms with E-state index < -0.39 is 0 Å². The second-order valence-electron chi connectivity index (χ2n) is 7.94. The van der Waals surface area contributed by atoms with Crippen molar-refractivity contribution in [3.63, 3.8) is 0 Å². The summed E-state index contributed by atoms with van der Waals surface area (Å²) in [7, 11) is 1.39. The number of likely N-dealkylation sites (tertiary alicyclic amines) is 1. The number of amides is 1. The third-order valence-electron chi connectivity index (χ3n) is 5.58. The third kappa shape index (κ3) is 5.22. The molecule has 0 N–H and O–H groups in total. The van der Waals surface area contributed by atoms with Crippen molar-refractivity contribution in [3.05, 3.63) is 59.2 Å². The van der Waals surface area contributed by atoms with Crippen LogP contribution in [0, 0.1) is 19.8 Å². The van der Waals surface area contributed by atoms with Gasteiger partial charge in [0.15, 0.2) is 10.9 Å². The zero-order valence-electron chi connectivity index (χ0n) is 18.9. The molecule has 33 heavy (non-hydrogen) atoms. The lowest BCUT2D eigenvalue weighted by Gasteiger charge is -2.30. The van der Waals surface area contributed by atoms with Crippen LogP contribution in [0.25, 0.3) is 5.69 Å². The number of thioether (sulfide) groups is 1. The van der Waals surface area contributed by atoms with Gasteiger partial charge in [0, 0.05) is 30.2 Å². The molecule has 0 saturated carbocycles. The fourth-order valence-electron chi connectivity index (χ4n) is 3.90. The first kappa shape index (κ1) is 22.9. The van der Waals surface area contributed by atoms with Crippen LogP contribution >= 0.6 is 11.8 Å². The maximum atomic E-state index is 13.4. The number of methoxy groups -OCH3 is 1. The van der Waals surface area contributed by atoms with Crippen LogP contribution in [0.15, 0.2) is 41.6 Å². The molecule has 1 aliphatic rings. The highest BCUT2D eigenvalue weighted by molar-refractivity contribution is 7.98. The zero-order chi connectivity index (χ0) is 23.4. The molecule has 1 amide bonds. The van der Waals surface area contributed by atoms with Crippen LogP contribution in [-0.4, -0.2) is 61.9 Å². The Labute approximate surface area is 196 Å². The Balaban J connectivity index is 1.59. The lowest BCUT2D eigenvalue weighted by atomic mass is 9.97. The summed E-state index contributed by atoms with van der Waals surface area (Å²) >= 11 is 1.45. The number of aryl methyl sites for hydroxylation is 2. The van der Waals surface area contributed by atoms with E-state index >= 15 is 0 Å². The molecule has 1 fully saturated rings. The molecule has 3 heterocycles. The van der Waals surface area contributed by atoms with Crippen molar-refractivity contribution in [1.82, 2.24) is 29.9 Å². The van der Waals surface area contributed by atoms with E-state index in [4.69, 9.17) is 4.74 Å². The van der Waals surface area contributed by atoms with Gasteiger partial charge in [-0.25, -0.2) is 14.6 Å². The van der Waals surface area contributed by atoms with Crippen LogP contribution < -0.4 is 0 Å². The zero-order valence-corrected chi connectivity index (χ0v) is 19.7. The number of nitrogens with zero attached hydrogens (tertiary/aromatic N) is 6. The first-order valence-corrected chi connectivity index (χ1v) is 11.8. The first-order valence-electron chi connectivity index (χ1n) is 10.8. The summed E-state index contributed by atoms with van der Waals surface area (Å²) in [5, 5.41) is 9.20. The number of benzene rings is 1. The molecule has 3 aromatic rings. The van der Waals surface area contributed by atoms with Crippen molar-refractivity contribution in [2.75, 3.05) is 20.2 Å². The number of esters is 1. The van der Waals surface area contributed by atoms with Gasteiger partial charge >= 0.3 is 5.97 Å². The highest BCUT2D eigenvalue weighted by Gasteiger charge is 2.31. The number of aromatic nitrogens is 5. The van der Waals surface area contributed by atoms with Gasteiger partial charge < -0.3 is 9.64 Å². The summed E-state index contributed by atoms with van der Waals surface area (Å²) in [6, 6.07) is 11.5. The van der Waals surface area contributed by atoms with Crippen molar-refractivity contribution in [1.29, 1.82) is 0 Å². The number of rotatable bonds is 6. The Bertz CT molecular complexity index is 1120. The van der Waals surface area contributed by atoms with Crippen molar-refractivity contribution >= 4 is 23.6 Å². The fraction of sp³-hybridized carbons (Fsp3) is 0.391. The maximum Gasteiger partial charge on any atom is 0.308 e.